The van der Waals surface area contributed by atoms with Gasteiger partial charge >= 0.3 is 12.1 Å². The van der Waals surface area contributed by atoms with Crippen LogP contribution < -0.4 is 5.32 Å². The number of rotatable bonds is 0. The molecule has 0 aromatic carbocycles. The lowest BCUT2D eigenvalue weighted by atomic mass is 10.4. The highest BCUT2D eigenvalue weighted by molar-refractivity contribution is 7.12. The van der Waals surface area contributed by atoms with Gasteiger partial charge in [0.05, 0.1) is 5.69 Å². The van der Waals surface area contributed by atoms with E-state index in [0.717, 1.165) is 0 Å². The first-order valence-corrected chi connectivity index (χ1v) is 3.71. The smallest absolute Gasteiger partial charge is 0.370 e. The van der Waals surface area contributed by atoms with Gasteiger partial charge in [-0.1, -0.05) is 0 Å². The van der Waals surface area contributed by atoms with Crippen molar-refractivity contribution in [2.75, 3.05) is 0 Å². The molecule has 0 saturated heterocycles. The van der Waals surface area contributed by atoms with Gasteiger partial charge in [-0.3, -0.25) is 0 Å². The Bertz CT molecular complexity index is 330. The second-order valence-electron chi connectivity index (χ2n) is 1.90. The number of thiophene rings is 1. The lowest BCUT2D eigenvalue weighted by Gasteiger charge is -2.07. The zero-order valence-electron chi connectivity index (χ0n) is 5.23. The molecule has 4 nitrogen and oxygen atoms in total. The van der Waals surface area contributed by atoms with Gasteiger partial charge in [0.25, 0.3) is 0 Å². The summed E-state index contributed by atoms with van der Waals surface area (Å²) in [5, 5.41) is 5.17. The molecule has 5 heteroatoms. The van der Waals surface area contributed by atoms with Crippen LogP contribution in [-0.2, 0) is 4.74 Å². The molecule has 55 valence electrons. The zero-order chi connectivity index (χ0) is 7.84. The van der Waals surface area contributed by atoms with E-state index < -0.39 is 12.1 Å². The summed E-state index contributed by atoms with van der Waals surface area (Å²) in [5.41, 5.74) is 0.413. The molecule has 0 spiro atoms. The van der Waals surface area contributed by atoms with Gasteiger partial charge in [-0.2, -0.15) is 5.32 Å². The van der Waals surface area contributed by atoms with Crippen LogP contribution in [-0.4, -0.2) is 12.1 Å². The monoisotopic (exact) mass is 168 g/mol. The van der Waals surface area contributed by atoms with Gasteiger partial charge in [0.2, 0.25) is 0 Å². The molecule has 1 aromatic heterocycles. The second kappa shape index (κ2) is 2.06. The van der Waals surface area contributed by atoms with Gasteiger partial charge in [-0.15, -0.1) is 11.3 Å². The zero-order valence-corrected chi connectivity index (χ0v) is 6.05. The van der Waals surface area contributed by atoms with E-state index in [1.165, 1.54) is 11.3 Å². The van der Waals surface area contributed by atoms with Crippen molar-refractivity contribution in [3.05, 3.63) is 16.3 Å². The molecule has 0 N–H and O–H groups in total. The van der Waals surface area contributed by atoms with Crippen molar-refractivity contribution in [3.8, 4) is 0 Å². The molecule has 0 aliphatic carbocycles. The van der Waals surface area contributed by atoms with Crippen molar-refractivity contribution in [3.63, 3.8) is 0 Å². The van der Waals surface area contributed by atoms with E-state index in [2.05, 4.69) is 10.1 Å². The van der Waals surface area contributed by atoms with Crippen LogP contribution >= 0.6 is 11.3 Å². The lowest BCUT2D eigenvalue weighted by molar-refractivity contribution is 0.0618. The molecule has 1 radical (unpaired) electrons. The topological polar surface area (TPSA) is 57.5 Å². The lowest BCUT2D eigenvalue weighted by Crippen LogP contribution is -2.23. The number of amides is 1. The normalized spacial score (nSPS) is 15.3. The average molecular weight is 168 g/mol. The molecule has 0 saturated carbocycles. The van der Waals surface area contributed by atoms with E-state index in [0.29, 0.717) is 10.6 Å². The average Bonchev–Trinajstić information content (AvgIpc) is 2.34. The molecule has 0 atom stereocenters. The minimum Gasteiger partial charge on any atom is -0.370 e. The predicted molar refractivity (Wildman–Crippen MR) is 36.9 cm³/mol. The van der Waals surface area contributed by atoms with Crippen molar-refractivity contribution in [1.29, 1.82) is 0 Å². The largest absolute Gasteiger partial charge is 0.442 e. The molecule has 1 aliphatic rings. The van der Waals surface area contributed by atoms with Crippen LogP contribution in [0, 0.1) is 0 Å². The number of esters is 1. The highest BCUT2D eigenvalue weighted by atomic mass is 32.1. The van der Waals surface area contributed by atoms with E-state index in [9.17, 15) is 9.59 Å². The molecule has 0 fully saturated rings. The molecule has 0 unspecified atom stereocenters. The maximum atomic E-state index is 10.9. The number of fused-ring (bicyclic) bond motifs is 1. The maximum absolute atomic E-state index is 10.9. The van der Waals surface area contributed by atoms with Crippen molar-refractivity contribution >= 4 is 29.1 Å². The highest BCUT2D eigenvalue weighted by Crippen LogP contribution is 2.26. The Morgan fingerprint density at radius 1 is 1.45 bits per heavy atom. The van der Waals surface area contributed by atoms with Gasteiger partial charge in [-0.25, -0.2) is 9.59 Å². The Balaban J connectivity index is 2.52. The molecule has 1 aliphatic heterocycles. The van der Waals surface area contributed by atoms with Crippen molar-refractivity contribution < 1.29 is 14.3 Å². The fraction of sp³-hybridized carbons (Fsp3) is 0. The van der Waals surface area contributed by atoms with E-state index in [1.54, 1.807) is 11.4 Å². The quantitative estimate of drug-likeness (QED) is 0.433. The van der Waals surface area contributed by atoms with Gasteiger partial charge in [0.1, 0.15) is 4.88 Å². The first-order chi connectivity index (χ1) is 5.27. The Kier molecular flexibility index (Phi) is 1.19. The van der Waals surface area contributed by atoms with Crippen LogP contribution in [0.2, 0.25) is 0 Å². The minimum absolute atomic E-state index is 0.393. The summed E-state index contributed by atoms with van der Waals surface area (Å²) in [5.74, 6) is -0.602. The predicted octanol–water partition coefficient (Wildman–Crippen LogP) is 1.27. The number of cyclic esters (lactones) is 2. The van der Waals surface area contributed by atoms with Crippen LogP contribution in [0.1, 0.15) is 9.67 Å². The molecule has 1 amide bonds. The maximum Gasteiger partial charge on any atom is 0.442 e. The molecule has 2 rings (SSSR count). The van der Waals surface area contributed by atoms with Crippen LogP contribution in [0.15, 0.2) is 11.4 Å². The number of ether oxygens (including phenoxy) is 1. The highest BCUT2D eigenvalue weighted by Gasteiger charge is 2.26. The van der Waals surface area contributed by atoms with E-state index >= 15 is 0 Å². The standard InChI is InChI=1S/C6H2NO3S/c8-5-4-3(1-2-11-4)7-6(9)10-5/h1-2H. The third kappa shape index (κ3) is 0.894. The van der Waals surface area contributed by atoms with Gasteiger partial charge in [0.15, 0.2) is 0 Å². The Morgan fingerprint density at radius 2 is 2.27 bits per heavy atom. The fourth-order valence-electron chi connectivity index (χ4n) is 0.790. The van der Waals surface area contributed by atoms with Crippen LogP contribution in [0.4, 0.5) is 10.5 Å². The first kappa shape index (κ1) is 6.36. The number of nitrogens with zero attached hydrogens (tertiary/aromatic N) is 1. The molecule has 1 aromatic rings. The SMILES string of the molecule is O=C1[N]c2ccsc2C(=O)O1. The van der Waals surface area contributed by atoms with E-state index in [4.69, 9.17) is 0 Å². The fourth-order valence-corrected chi connectivity index (χ4v) is 1.50. The van der Waals surface area contributed by atoms with E-state index in [1.807, 2.05) is 0 Å². The molecular weight excluding hydrogens is 166 g/mol. The third-order valence-electron chi connectivity index (χ3n) is 1.22. The summed E-state index contributed by atoms with van der Waals surface area (Å²) in [6.45, 7) is 0. The second-order valence-corrected chi connectivity index (χ2v) is 2.82. The molecule has 11 heavy (non-hydrogen) atoms. The summed E-state index contributed by atoms with van der Waals surface area (Å²) in [6.07, 6.45) is -0.832. The van der Waals surface area contributed by atoms with Crippen molar-refractivity contribution in [2.24, 2.45) is 0 Å². The summed E-state index contributed by atoms with van der Waals surface area (Å²) in [4.78, 5) is 21.8. The van der Waals surface area contributed by atoms with Crippen molar-refractivity contribution in [1.82, 2.24) is 5.32 Å². The summed E-state index contributed by atoms with van der Waals surface area (Å²) >= 11 is 1.21. The number of hydrogen-bond acceptors (Lipinski definition) is 4. The van der Waals surface area contributed by atoms with Crippen molar-refractivity contribution in [2.45, 2.75) is 0 Å². The van der Waals surface area contributed by atoms with Gasteiger partial charge in [0, 0.05) is 0 Å². The summed E-state index contributed by atoms with van der Waals surface area (Å²) in [7, 11) is 0. The minimum atomic E-state index is -0.832. The Labute approximate surface area is 65.8 Å². The van der Waals surface area contributed by atoms with Crippen LogP contribution in [0.5, 0.6) is 0 Å². The third-order valence-corrected chi connectivity index (χ3v) is 2.11. The summed E-state index contributed by atoms with van der Waals surface area (Å²) < 4.78 is 4.24. The number of carbonyl (C=O) groups is 2. The number of carbonyl (C=O) groups excluding carboxylic acids is 2. The van der Waals surface area contributed by atoms with Crippen LogP contribution in [0.3, 0.4) is 0 Å². The number of hydrogen-bond donors (Lipinski definition) is 0. The van der Waals surface area contributed by atoms with Gasteiger partial charge in [-0.05, 0) is 11.4 Å². The Morgan fingerprint density at radius 3 is 3.09 bits per heavy atom. The van der Waals surface area contributed by atoms with Gasteiger partial charge < -0.3 is 4.74 Å². The molecular formula is C6H2NO3S. The van der Waals surface area contributed by atoms with Crippen LogP contribution in [0.25, 0.3) is 0 Å². The Hall–Kier alpha value is -1.36. The summed E-state index contributed by atoms with van der Waals surface area (Å²) in [6, 6.07) is 1.61. The first-order valence-electron chi connectivity index (χ1n) is 2.83. The molecule has 2 heterocycles. The molecule has 0 bridgehead atoms. The van der Waals surface area contributed by atoms with E-state index in [-0.39, 0.29) is 0 Å².